The first kappa shape index (κ1) is 15.7. The molecule has 3 nitrogen and oxygen atoms in total. The number of benzene rings is 1. The number of hydrogen-bond acceptors (Lipinski definition) is 2. The third kappa shape index (κ3) is 3.00. The Balaban J connectivity index is 2.38. The van der Waals surface area contributed by atoms with Gasteiger partial charge in [0, 0.05) is 11.0 Å². The number of hydrogen-bond donors (Lipinski definition) is 0. The van der Waals surface area contributed by atoms with Gasteiger partial charge in [0.2, 0.25) is 10.0 Å². The summed E-state index contributed by atoms with van der Waals surface area (Å²) in [6.07, 6.45) is 1.77. The Hall–Kier alpha value is -0.650. The molecule has 110 valence electrons. The minimum absolute atomic E-state index is 0.0636. The number of nitrogens with zero attached hydrogens (tertiary/aromatic N) is 1. The van der Waals surface area contributed by atoms with Gasteiger partial charge in [0.15, 0.2) is 0 Å². The second-order valence-corrected chi connectivity index (χ2v) is 8.18. The Labute approximate surface area is 129 Å². The van der Waals surface area contributed by atoms with E-state index in [0.29, 0.717) is 11.4 Å². The van der Waals surface area contributed by atoms with Crippen molar-refractivity contribution in [3.63, 3.8) is 0 Å². The minimum Gasteiger partial charge on any atom is -0.207 e. The van der Waals surface area contributed by atoms with E-state index in [0.717, 1.165) is 28.5 Å². The maximum atomic E-state index is 12.8. The van der Waals surface area contributed by atoms with Gasteiger partial charge in [0.05, 0.1) is 10.9 Å². The molecule has 1 aromatic carbocycles. The van der Waals surface area contributed by atoms with Crippen LogP contribution in [0.1, 0.15) is 32.3 Å². The van der Waals surface area contributed by atoms with Crippen LogP contribution in [-0.4, -0.2) is 25.3 Å². The normalized spacial score (nSPS) is 20.1. The molecule has 2 rings (SSSR count). The summed E-state index contributed by atoms with van der Waals surface area (Å²) in [7, 11) is -3.41. The smallest absolute Gasteiger partial charge is 0.207 e. The maximum absolute atomic E-state index is 12.8. The molecule has 1 unspecified atom stereocenters. The first-order valence-electron chi connectivity index (χ1n) is 6.75. The van der Waals surface area contributed by atoms with Gasteiger partial charge in [-0.15, -0.1) is 0 Å². The summed E-state index contributed by atoms with van der Waals surface area (Å²) in [6, 6.07) is 7.00. The highest BCUT2D eigenvalue weighted by atomic mass is 79.9. The summed E-state index contributed by atoms with van der Waals surface area (Å²) in [6.45, 7) is 6.54. The van der Waals surface area contributed by atoms with Gasteiger partial charge in [-0.25, -0.2) is 8.42 Å². The number of allylic oxidation sites excluding steroid dienone is 1. The van der Waals surface area contributed by atoms with Crippen molar-refractivity contribution in [2.24, 2.45) is 0 Å². The quantitative estimate of drug-likeness (QED) is 0.823. The second-order valence-electron chi connectivity index (χ2n) is 5.43. The number of sulfonamides is 1. The van der Waals surface area contributed by atoms with Gasteiger partial charge in [-0.1, -0.05) is 39.2 Å². The lowest BCUT2D eigenvalue weighted by molar-refractivity contribution is 0.429. The lowest BCUT2D eigenvalue weighted by atomic mass is 10.1. The van der Waals surface area contributed by atoms with E-state index in [1.54, 1.807) is 16.4 Å². The van der Waals surface area contributed by atoms with Crippen molar-refractivity contribution in [1.82, 2.24) is 4.31 Å². The maximum Gasteiger partial charge on any atom is 0.243 e. The Morgan fingerprint density at radius 3 is 2.40 bits per heavy atom. The Kier molecular flexibility index (Phi) is 4.72. The lowest BCUT2D eigenvalue weighted by Gasteiger charge is -2.24. The van der Waals surface area contributed by atoms with Gasteiger partial charge in [0.25, 0.3) is 0 Å². The van der Waals surface area contributed by atoms with E-state index >= 15 is 0 Å². The standard InChI is InChI=1S/C15H20BrNO2S/c1-11(2)15(16)14-5-4-10-17(14)20(18,19)13-8-6-12(3)7-9-13/h6-9,14H,4-5,10H2,1-3H3. The summed E-state index contributed by atoms with van der Waals surface area (Å²) >= 11 is 3.56. The van der Waals surface area contributed by atoms with Crippen LogP contribution in [0.4, 0.5) is 0 Å². The Bertz CT molecular complexity index is 616. The van der Waals surface area contributed by atoms with E-state index in [2.05, 4.69) is 15.9 Å². The van der Waals surface area contributed by atoms with Crippen LogP contribution in [0.2, 0.25) is 0 Å². The van der Waals surface area contributed by atoms with E-state index < -0.39 is 10.0 Å². The SMILES string of the molecule is CC(C)=C(Br)C1CCCN1S(=O)(=O)c1ccc(C)cc1. The molecule has 0 aromatic heterocycles. The number of rotatable bonds is 3. The average molecular weight is 358 g/mol. The second kappa shape index (κ2) is 6.00. The molecule has 1 saturated heterocycles. The van der Waals surface area contributed by atoms with Gasteiger partial charge in [0.1, 0.15) is 0 Å². The van der Waals surface area contributed by atoms with E-state index in [1.807, 2.05) is 32.9 Å². The molecule has 0 aliphatic carbocycles. The van der Waals surface area contributed by atoms with Crippen molar-refractivity contribution < 1.29 is 8.42 Å². The molecular weight excluding hydrogens is 338 g/mol. The van der Waals surface area contributed by atoms with Gasteiger partial charge >= 0.3 is 0 Å². The molecule has 1 aliphatic rings. The van der Waals surface area contributed by atoms with Crippen molar-refractivity contribution in [3.8, 4) is 0 Å². The van der Waals surface area contributed by atoms with E-state index in [9.17, 15) is 8.42 Å². The first-order valence-corrected chi connectivity index (χ1v) is 8.98. The fourth-order valence-electron chi connectivity index (χ4n) is 2.46. The van der Waals surface area contributed by atoms with Crippen LogP contribution in [0, 0.1) is 6.92 Å². The molecule has 0 saturated carbocycles. The lowest BCUT2D eigenvalue weighted by Crippen LogP contribution is -2.36. The zero-order valence-electron chi connectivity index (χ0n) is 12.1. The molecule has 1 aliphatic heterocycles. The monoisotopic (exact) mass is 357 g/mol. The molecule has 20 heavy (non-hydrogen) atoms. The molecule has 1 heterocycles. The van der Waals surface area contributed by atoms with Crippen molar-refractivity contribution in [2.45, 2.75) is 44.6 Å². The van der Waals surface area contributed by atoms with Crippen molar-refractivity contribution in [2.75, 3.05) is 6.54 Å². The Morgan fingerprint density at radius 2 is 1.85 bits per heavy atom. The highest BCUT2D eigenvalue weighted by Crippen LogP contribution is 2.33. The summed E-state index contributed by atoms with van der Waals surface area (Å²) < 4.78 is 28.1. The molecule has 5 heteroatoms. The van der Waals surface area contributed by atoms with Gasteiger partial charge in [-0.05, 0) is 45.7 Å². The predicted octanol–water partition coefficient (Wildman–Crippen LogP) is 3.84. The molecule has 0 radical (unpaired) electrons. The molecule has 1 fully saturated rings. The molecule has 0 spiro atoms. The molecule has 0 bridgehead atoms. The summed E-state index contributed by atoms with van der Waals surface area (Å²) in [5.41, 5.74) is 2.19. The molecule has 1 aromatic rings. The topological polar surface area (TPSA) is 37.4 Å². The van der Waals surface area contributed by atoms with Crippen LogP contribution in [-0.2, 0) is 10.0 Å². The largest absolute Gasteiger partial charge is 0.243 e. The number of aryl methyl sites for hydroxylation is 1. The van der Waals surface area contributed by atoms with E-state index in [1.165, 1.54) is 0 Å². The van der Waals surface area contributed by atoms with Crippen LogP contribution in [0.3, 0.4) is 0 Å². The first-order chi connectivity index (χ1) is 9.34. The zero-order chi connectivity index (χ0) is 14.9. The summed E-state index contributed by atoms with van der Waals surface area (Å²) in [5, 5.41) is 0. The van der Waals surface area contributed by atoms with Crippen molar-refractivity contribution in [3.05, 3.63) is 39.9 Å². The summed E-state index contributed by atoms with van der Waals surface area (Å²) in [4.78, 5) is 0.379. The number of halogens is 1. The van der Waals surface area contributed by atoms with Gasteiger partial charge in [-0.3, -0.25) is 0 Å². The van der Waals surface area contributed by atoms with Crippen LogP contribution in [0.5, 0.6) is 0 Å². The molecule has 1 atom stereocenters. The third-order valence-corrected chi connectivity index (χ3v) is 6.85. The van der Waals surface area contributed by atoms with Crippen LogP contribution < -0.4 is 0 Å². The fourth-order valence-corrected chi connectivity index (χ4v) is 4.74. The van der Waals surface area contributed by atoms with Gasteiger partial charge < -0.3 is 0 Å². The van der Waals surface area contributed by atoms with Crippen LogP contribution in [0.15, 0.2) is 39.2 Å². The van der Waals surface area contributed by atoms with Crippen LogP contribution >= 0.6 is 15.9 Å². The molecular formula is C15H20BrNO2S. The van der Waals surface area contributed by atoms with Gasteiger partial charge in [-0.2, -0.15) is 4.31 Å². The predicted molar refractivity (Wildman–Crippen MR) is 85.4 cm³/mol. The minimum atomic E-state index is -3.41. The molecule has 0 N–H and O–H groups in total. The highest BCUT2D eigenvalue weighted by Gasteiger charge is 2.36. The Morgan fingerprint density at radius 1 is 1.25 bits per heavy atom. The van der Waals surface area contributed by atoms with Crippen molar-refractivity contribution in [1.29, 1.82) is 0 Å². The van der Waals surface area contributed by atoms with E-state index in [-0.39, 0.29) is 6.04 Å². The van der Waals surface area contributed by atoms with Crippen molar-refractivity contribution >= 4 is 26.0 Å². The highest BCUT2D eigenvalue weighted by molar-refractivity contribution is 9.11. The fraction of sp³-hybridized carbons (Fsp3) is 0.467. The average Bonchev–Trinajstić information content (AvgIpc) is 2.88. The van der Waals surface area contributed by atoms with Crippen LogP contribution in [0.25, 0.3) is 0 Å². The summed E-state index contributed by atoms with van der Waals surface area (Å²) in [5.74, 6) is 0. The van der Waals surface area contributed by atoms with E-state index in [4.69, 9.17) is 0 Å². The molecule has 0 amide bonds. The zero-order valence-corrected chi connectivity index (χ0v) is 14.5. The third-order valence-electron chi connectivity index (χ3n) is 3.60.